The minimum atomic E-state index is -0.224. The largest absolute Gasteiger partial charge is 0.334 e. The van der Waals surface area contributed by atoms with Crippen LogP contribution in [-0.2, 0) is 32.5 Å². The number of rotatable bonds is 3. The van der Waals surface area contributed by atoms with E-state index in [0.717, 1.165) is 6.42 Å². The van der Waals surface area contributed by atoms with Gasteiger partial charge in [-0.1, -0.05) is 192 Å². The molecule has 0 saturated heterocycles. The average molecular weight is 1060 g/mol. The lowest BCUT2D eigenvalue weighted by molar-refractivity contribution is 0.195. The molecule has 4 aliphatic heterocycles. The Morgan fingerprint density at radius 1 is 0.444 bits per heavy atom. The summed E-state index contributed by atoms with van der Waals surface area (Å²) < 4.78 is 0. The number of nitrogens with zero attached hydrogens (tertiary/aromatic N) is 3. The molecule has 3 nitrogen and oxygen atoms in total. The van der Waals surface area contributed by atoms with Crippen molar-refractivity contribution in [3.8, 4) is 11.1 Å². The predicted molar refractivity (Wildman–Crippen MR) is 348 cm³/mol. The molecule has 3 aliphatic carbocycles. The summed E-state index contributed by atoms with van der Waals surface area (Å²) in [5.41, 5.74) is 33.6. The van der Waals surface area contributed by atoms with Crippen LogP contribution in [0.4, 0.5) is 45.5 Å². The molecular weight excluding hydrogens is 976 g/mol. The molecule has 0 bridgehead atoms. The Bertz CT molecular complexity index is 4070. The van der Waals surface area contributed by atoms with Gasteiger partial charge in [-0.25, -0.2) is 0 Å². The smallest absolute Gasteiger partial charge is 0.252 e. The minimum Gasteiger partial charge on any atom is -0.334 e. The molecule has 0 amide bonds. The molecule has 0 spiro atoms. The quantitative estimate of drug-likeness (QED) is 0.163. The second-order valence-electron chi connectivity index (χ2n) is 29.9. The van der Waals surface area contributed by atoms with E-state index in [4.69, 9.17) is 0 Å². The molecule has 2 atom stereocenters. The monoisotopic (exact) mass is 1060 g/mol. The Morgan fingerprint density at radius 3 is 1.77 bits per heavy atom. The summed E-state index contributed by atoms with van der Waals surface area (Å²) in [7, 11) is 2.37. The summed E-state index contributed by atoms with van der Waals surface area (Å²) in [4.78, 5) is 8.26. The fourth-order valence-corrected chi connectivity index (χ4v) is 17.4. The first kappa shape index (κ1) is 51.2. The van der Waals surface area contributed by atoms with Crippen LogP contribution in [0.25, 0.3) is 11.1 Å². The van der Waals surface area contributed by atoms with Crippen LogP contribution < -0.4 is 42.0 Å². The number of fused-ring (bicyclic) bond motifs is 13. The molecule has 8 aromatic carbocycles. The van der Waals surface area contributed by atoms with Gasteiger partial charge in [-0.05, 0) is 200 Å². The van der Waals surface area contributed by atoms with Gasteiger partial charge in [0.2, 0.25) is 0 Å². The van der Waals surface area contributed by atoms with Crippen molar-refractivity contribution in [2.45, 2.75) is 180 Å². The van der Waals surface area contributed by atoms with Crippen molar-refractivity contribution in [1.82, 2.24) is 0 Å². The maximum atomic E-state index is 2.81. The van der Waals surface area contributed by atoms with Crippen molar-refractivity contribution in [3.05, 3.63) is 195 Å². The standard InChI is InChI=1S/C76H80B2N3/c1-45-36-67-69-68(37-45)80(64-43-55-54(38-46(64)2)71(6,7)34-35-72(55,8)9)66-44-57-56(73(10,11)52-23-17-18-24-53(52)74(57,12)13)42-62(66)78(69)61-30-28-49(41-65(61)79(67)48-27-29-60-51(40-48)50-22-16-19-25-59(50)77-60)81-63-31-26-47(70(3,4)5)39-58(63)75(14)32-20-21-33-76(75,81)15/h16-19,22-31,36-44H,20-21,32-35H2,1-15H3. The molecule has 1 fully saturated rings. The van der Waals surface area contributed by atoms with Gasteiger partial charge in [0.15, 0.2) is 7.28 Å². The van der Waals surface area contributed by atoms with E-state index in [1.165, 1.54) is 172 Å². The molecule has 8 aromatic rings. The fourth-order valence-electron chi connectivity index (χ4n) is 17.4. The van der Waals surface area contributed by atoms with Crippen molar-refractivity contribution < 1.29 is 0 Å². The Morgan fingerprint density at radius 2 is 1.05 bits per heavy atom. The maximum absolute atomic E-state index is 2.81. The third-order valence-corrected chi connectivity index (χ3v) is 22.5. The van der Waals surface area contributed by atoms with Crippen LogP contribution in [0, 0.1) is 13.8 Å². The van der Waals surface area contributed by atoms with Gasteiger partial charge in [0.1, 0.15) is 0 Å². The zero-order valence-corrected chi connectivity index (χ0v) is 51.0. The van der Waals surface area contributed by atoms with E-state index in [1.54, 1.807) is 0 Å². The molecule has 15 rings (SSSR count). The summed E-state index contributed by atoms with van der Waals surface area (Å²) in [5.74, 6) is 0. The highest BCUT2D eigenvalue weighted by atomic mass is 15.3. The van der Waals surface area contributed by atoms with E-state index < -0.39 is 0 Å². The SMILES string of the molecule is Cc1cc2c3c(c1)N(c1cc4c(cc1C)C(C)(C)CCC4(C)C)c1cc4c(cc1B3c1ccc(N3c5ccc(C(C)(C)C)cc5C5(C)CCCCC35C)cc1N2c1ccc2c(c1)-c1ccccc1[B]2)C(C)(C)c1ccccc1C4(C)C. The highest BCUT2D eigenvalue weighted by Gasteiger charge is 2.58. The van der Waals surface area contributed by atoms with Crippen LogP contribution in [0.5, 0.6) is 0 Å². The molecule has 0 aromatic heterocycles. The van der Waals surface area contributed by atoms with E-state index in [0.29, 0.717) is 0 Å². The molecule has 4 heterocycles. The molecule has 81 heavy (non-hydrogen) atoms. The lowest BCUT2D eigenvalue weighted by Gasteiger charge is -2.51. The molecule has 0 N–H and O–H groups in total. The van der Waals surface area contributed by atoms with Crippen molar-refractivity contribution in [2.24, 2.45) is 0 Å². The minimum absolute atomic E-state index is 0.00373. The Balaban J connectivity index is 1.04. The number of hydrogen-bond acceptors (Lipinski definition) is 3. The summed E-state index contributed by atoms with van der Waals surface area (Å²) in [6, 6.07) is 56.5. The van der Waals surface area contributed by atoms with Crippen LogP contribution in [0.1, 0.15) is 184 Å². The summed E-state index contributed by atoms with van der Waals surface area (Å²) >= 11 is 0. The van der Waals surface area contributed by atoms with Gasteiger partial charge in [-0.3, -0.25) is 0 Å². The van der Waals surface area contributed by atoms with Crippen LogP contribution in [0.2, 0.25) is 0 Å². The summed E-state index contributed by atoms with van der Waals surface area (Å²) in [5, 5.41) is 0. The van der Waals surface area contributed by atoms with Gasteiger partial charge in [-0.15, -0.1) is 0 Å². The topological polar surface area (TPSA) is 9.72 Å². The van der Waals surface area contributed by atoms with E-state index in [1.807, 2.05) is 0 Å². The van der Waals surface area contributed by atoms with Gasteiger partial charge < -0.3 is 14.7 Å². The molecule has 1 saturated carbocycles. The normalized spacial score (nSPS) is 22.2. The fraction of sp³-hybridized carbons (Fsp3) is 0.368. The number of anilines is 8. The van der Waals surface area contributed by atoms with Crippen molar-refractivity contribution in [1.29, 1.82) is 0 Å². The van der Waals surface area contributed by atoms with E-state index >= 15 is 0 Å². The number of aryl methyl sites for hydroxylation is 2. The van der Waals surface area contributed by atoms with Crippen molar-refractivity contribution in [2.75, 3.05) is 14.7 Å². The van der Waals surface area contributed by atoms with Gasteiger partial charge >= 0.3 is 0 Å². The van der Waals surface area contributed by atoms with Crippen LogP contribution >= 0.6 is 0 Å². The second kappa shape index (κ2) is 16.5. The first-order valence-electron chi connectivity index (χ1n) is 30.7. The van der Waals surface area contributed by atoms with Gasteiger partial charge in [-0.2, -0.15) is 0 Å². The summed E-state index contributed by atoms with van der Waals surface area (Å²) in [6.45, 7) is 36.9. The summed E-state index contributed by atoms with van der Waals surface area (Å²) in [6.07, 6.45) is 7.19. The Hall–Kier alpha value is -6.71. The Labute approximate surface area is 485 Å². The van der Waals surface area contributed by atoms with Gasteiger partial charge in [0, 0.05) is 61.7 Å². The highest BCUT2D eigenvalue weighted by molar-refractivity contribution is 7.00. The molecule has 1 radical (unpaired) electrons. The van der Waals surface area contributed by atoms with Crippen LogP contribution in [0.3, 0.4) is 0 Å². The van der Waals surface area contributed by atoms with Crippen molar-refractivity contribution >= 4 is 86.8 Å². The first-order valence-corrected chi connectivity index (χ1v) is 30.7. The van der Waals surface area contributed by atoms with Gasteiger partial charge in [0.25, 0.3) is 6.71 Å². The van der Waals surface area contributed by atoms with E-state index in [-0.39, 0.29) is 44.7 Å². The zero-order valence-electron chi connectivity index (χ0n) is 51.0. The second-order valence-corrected chi connectivity index (χ2v) is 29.9. The molecule has 405 valence electrons. The molecule has 2 unspecified atom stereocenters. The predicted octanol–water partition coefficient (Wildman–Crippen LogP) is 16.4. The molecular formula is C76H80B2N3. The lowest BCUT2D eigenvalue weighted by Crippen LogP contribution is -2.62. The number of hydrogen-bond donors (Lipinski definition) is 0. The first-order chi connectivity index (χ1) is 38.3. The van der Waals surface area contributed by atoms with Gasteiger partial charge in [0.05, 0.1) is 5.54 Å². The molecule has 7 aliphatic rings. The Kier molecular flexibility index (Phi) is 10.4. The van der Waals surface area contributed by atoms with Crippen LogP contribution in [0.15, 0.2) is 140 Å². The van der Waals surface area contributed by atoms with Crippen molar-refractivity contribution in [3.63, 3.8) is 0 Å². The zero-order chi connectivity index (χ0) is 56.5. The maximum Gasteiger partial charge on any atom is 0.252 e. The molecule has 5 heteroatoms. The third-order valence-electron chi connectivity index (χ3n) is 22.5. The number of benzene rings is 8. The lowest BCUT2D eigenvalue weighted by atomic mass is 9.33. The highest BCUT2D eigenvalue weighted by Crippen LogP contribution is 2.62. The van der Waals surface area contributed by atoms with E-state index in [2.05, 4.69) is 265 Å². The van der Waals surface area contributed by atoms with E-state index in [9.17, 15) is 0 Å². The average Bonchev–Trinajstić information content (AvgIpc) is 4.16. The van der Waals surface area contributed by atoms with Crippen LogP contribution in [-0.4, -0.2) is 19.5 Å². The third kappa shape index (κ3) is 6.84.